The molecule has 1 aromatic heterocycles. The van der Waals surface area contributed by atoms with Gasteiger partial charge in [-0.05, 0) is 56.0 Å². The molecule has 0 radical (unpaired) electrons. The maximum Gasteiger partial charge on any atom is 0.115 e. The molecular formula is C18H21NO2. The Bertz CT molecular complexity index is 571. The average Bonchev–Trinajstić information content (AvgIpc) is 2.48. The third-order valence-corrected chi connectivity index (χ3v) is 3.27. The lowest BCUT2D eigenvalue weighted by atomic mass is 10.1. The first kappa shape index (κ1) is 15.3. The van der Waals surface area contributed by atoms with Gasteiger partial charge in [0.15, 0.2) is 0 Å². The summed E-state index contributed by atoms with van der Waals surface area (Å²) in [6, 6.07) is 11.1. The quantitative estimate of drug-likeness (QED) is 0.787. The molecule has 0 aliphatic heterocycles. The van der Waals surface area contributed by atoms with Gasteiger partial charge in [-0.1, -0.05) is 24.3 Å². The molecule has 2 aromatic rings. The van der Waals surface area contributed by atoms with Crippen LogP contribution in [0.1, 0.15) is 31.9 Å². The van der Waals surface area contributed by atoms with Gasteiger partial charge in [-0.3, -0.25) is 4.98 Å². The molecule has 1 aromatic carbocycles. The molecule has 3 nitrogen and oxygen atoms in total. The minimum Gasteiger partial charge on any atom is -0.508 e. The SMILES string of the molecule is CC(O)CCC/C=C/c1ccc(-c2ccc(O)cc2)cn1. The van der Waals surface area contributed by atoms with Gasteiger partial charge in [0.05, 0.1) is 11.8 Å². The number of rotatable bonds is 6. The van der Waals surface area contributed by atoms with Crippen molar-refractivity contribution in [3.8, 4) is 16.9 Å². The van der Waals surface area contributed by atoms with Crippen molar-refractivity contribution < 1.29 is 10.2 Å². The molecule has 0 fully saturated rings. The van der Waals surface area contributed by atoms with Gasteiger partial charge >= 0.3 is 0 Å². The zero-order valence-corrected chi connectivity index (χ0v) is 12.2. The van der Waals surface area contributed by atoms with Crippen LogP contribution in [0.15, 0.2) is 48.7 Å². The van der Waals surface area contributed by atoms with Crippen LogP contribution in [-0.2, 0) is 0 Å². The average molecular weight is 283 g/mol. The van der Waals surface area contributed by atoms with Crippen molar-refractivity contribution in [1.82, 2.24) is 4.98 Å². The number of hydrogen-bond donors (Lipinski definition) is 2. The van der Waals surface area contributed by atoms with Crippen LogP contribution in [-0.4, -0.2) is 21.3 Å². The molecular weight excluding hydrogens is 262 g/mol. The second-order valence-corrected chi connectivity index (χ2v) is 5.20. The van der Waals surface area contributed by atoms with Crippen molar-refractivity contribution in [3.63, 3.8) is 0 Å². The standard InChI is InChI=1S/C18H21NO2/c1-14(20)5-3-2-4-6-17-10-7-16(13-19-17)15-8-11-18(21)12-9-15/h4,6-14,20-21H,2-3,5H2,1H3/b6-4+. The second-order valence-electron chi connectivity index (χ2n) is 5.20. The van der Waals surface area contributed by atoms with Crippen molar-refractivity contribution in [1.29, 1.82) is 0 Å². The molecule has 2 rings (SSSR count). The maximum atomic E-state index is 9.28. The summed E-state index contributed by atoms with van der Waals surface area (Å²) in [7, 11) is 0. The van der Waals surface area contributed by atoms with Crippen LogP contribution in [0.25, 0.3) is 17.2 Å². The number of hydrogen-bond acceptors (Lipinski definition) is 3. The number of aliphatic hydroxyl groups excluding tert-OH is 1. The summed E-state index contributed by atoms with van der Waals surface area (Å²) in [4.78, 5) is 4.41. The lowest BCUT2D eigenvalue weighted by molar-refractivity contribution is 0.182. The number of allylic oxidation sites excluding steroid dienone is 1. The molecule has 0 saturated heterocycles. The van der Waals surface area contributed by atoms with Crippen molar-refractivity contribution in [3.05, 3.63) is 54.4 Å². The predicted molar refractivity (Wildman–Crippen MR) is 85.9 cm³/mol. The Kier molecular flexibility index (Phi) is 5.52. The number of aromatic nitrogens is 1. The van der Waals surface area contributed by atoms with E-state index in [1.165, 1.54) is 0 Å². The summed E-state index contributed by atoms with van der Waals surface area (Å²) >= 11 is 0. The van der Waals surface area contributed by atoms with Gasteiger partial charge in [0.1, 0.15) is 5.75 Å². The molecule has 1 atom stereocenters. The molecule has 2 N–H and O–H groups in total. The van der Waals surface area contributed by atoms with E-state index in [2.05, 4.69) is 11.1 Å². The van der Waals surface area contributed by atoms with Crippen molar-refractivity contribution >= 4 is 6.08 Å². The van der Waals surface area contributed by atoms with Crippen LogP contribution in [0.5, 0.6) is 5.75 Å². The van der Waals surface area contributed by atoms with Crippen molar-refractivity contribution in [2.24, 2.45) is 0 Å². The Morgan fingerprint density at radius 2 is 1.81 bits per heavy atom. The van der Waals surface area contributed by atoms with E-state index in [9.17, 15) is 10.2 Å². The molecule has 3 heteroatoms. The summed E-state index contributed by atoms with van der Waals surface area (Å²) < 4.78 is 0. The first-order valence-corrected chi connectivity index (χ1v) is 7.25. The van der Waals surface area contributed by atoms with E-state index in [1.54, 1.807) is 12.1 Å². The normalized spacial score (nSPS) is 12.7. The van der Waals surface area contributed by atoms with Gasteiger partial charge < -0.3 is 10.2 Å². The fourth-order valence-corrected chi connectivity index (χ4v) is 2.06. The molecule has 110 valence electrons. The Hall–Kier alpha value is -2.13. The van der Waals surface area contributed by atoms with Crippen molar-refractivity contribution in [2.75, 3.05) is 0 Å². The summed E-state index contributed by atoms with van der Waals surface area (Å²) in [6.45, 7) is 1.81. The summed E-state index contributed by atoms with van der Waals surface area (Å²) in [5, 5.41) is 18.5. The Labute approximate surface area is 125 Å². The Balaban J connectivity index is 1.92. The topological polar surface area (TPSA) is 53.4 Å². The van der Waals surface area contributed by atoms with Gasteiger partial charge in [-0.15, -0.1) is 0 Å². The highest BCUT2D eigenvalue weighted by atomic mass is 16.3. The molecule has 0 amide bonds. The van der Waals surface area contributed by atoms with Crippen LogP contribution in [0.4, 0.5) is 0 Å². The van der Waals surface area contributed by atoms with Gasteiger partial charge in [-0.25, -0.2) is 0 Å². The fraction of sp³-hybridized carbons (Fsp3) is 0.278. The van der Waals surface area contributed by atoms with Gasteiger partial charge in [0.2, 0.25) is 0 Å². The molecule has 1 heterocycles. The van der Waals surface area contributed by atoms with E-state index in [1.807, 2.05) is 43.5 Å². The molecule has 0 aliphatic rings. The summed E-state index contributed by atoms with van der Waals surface area (Å²) in [6.07, 6.45) is 8.47. The lowest BCUT2D eigenvalue weighted by Crippen LogP contribution is -1.97. The molecule has 0 aliphatic carbocycles. The number of phenols is 1. The zero-order chi connectivity index (χ0) is 15.1. The molecule has 21 heavy (non-hydrogen) atoms. The highest BCUT2D eigenvalue weighted by Gasteiger charge is 1.98. The van der Waals surface area contributed by atoms with Crippen LogP contribution in [0.3, 0.4) is 0 Å². The van der Waals surface area contributed by atoms with Crippen LogP contribution < -0.4 is 0 Å². The maximum absolute atomic E-state index is 9.28. The fourth-order valence-electron chi connectivity index (χ4n) is 2.06. The number of unbranched alkanes of at least 4 members (excludes halogenated alkanes) is 1. The molecule has 0 bridgehead atoms. The van der Waals surface area contributed by atoms with Crippen LogP contribution in [0, 0.1) is 0 Å². The minimum absolute atomic E-state index is 0.221. The van der Waals surface area contributed by atoms with E-state index in [4.69, 9.17) is 0 Å². The second kappa shape index (κ2) is 7.60. The lowest BCUT2D eigenvalue weighted by Gasteiger charge is -2.02. The van der Waals surface area contributed by atoms with E-state index in [0.29, 0.717) is 0 Å². The number of nitrogens with zero attached hydrogens (tertiary/aromatic N) is 1. The minimum atomic E-state index is -0.221. The number of aromatic hydroxyl groups is 1. The Morgan fingerprint density at radius 3 is 2.43 bits per heavy atom. The van der Waals surface area contributed by atoms with E-state index >= 15 is 0 Å². The van der Waals surface area contributed by atoms with Gasteiger partial charge in [0.25, 0.3) is 0 Å². The largest absolute Gasteiger partial charge is 0.508 e. The highest BCUT2D eigenvalue weighted by Crippen LogP contribution is 2.21. The third-order valence-electron chi connectivity index (χ3n) is 3.27. The highest BCUT2D eigenvalue weighted by molar-refractivity contribution is 5.64. The molecule has 1 unspecified atom stereocenters. The van der Waals surface area contributed by atoms with Crippen molar-refractivity contribution in [2.45, 2.75) is 32.3 Å². The smallest absolute Gasteiger partial charge is 0.115 e. The number of benzene rings is 1. The van der Waals surface area contributed by atoms with Gasteiger partial charge in [0, 0.05) is 11.8 Å². The van der Waals surface area contributed by atoms with Crippen LogP contribution >= 0.6 is 0 Å². The first-order valence-electron chi connectivity index (χ1n) is 7.25. The first-order chi connectivity index (χ1) is 10.1. The number of pyridine rings is 1. The predicted octanol–water partition coefficient (Wildman–Crippen LogP) is 4.02. The van der Waals surface area contributed by atoms with E-state index < -0.39 is 0 Å². The molecule has 0 spiro atoms. The zero-order valence-electron chi connectivity index (χ0n) is 12.2. The van der Waals surface area contributed by atoms with Crippen LogP contribution in [0.2, 0.25) is 0 Å². The number of phenolic OH excluding ortho intramolecular Hbond substituents is 1. The summed E-state index contributed by atoms with van der Waals surface area (Å²) in [5.41, 5.74) is 2.99. The number of aliphatic hydroxyl groups is 1. The third kappa shape index (κ3) is 5.04. The van der Waals surface area contributed by atoms with Gasteiger partial charge in [-0.2, -0.15) is 0 Å². The molecule has 0 saturated carbocycles. The Morgan fingerprint density at radius 1 is 1.10 bits per heavy atom. The van der Waals surface area contributed by atoms with E-state index in [-0.39, 0.29) is 11.9 Å². The monoisotopic (exact) mass is 283 g/mol. The summed E-state index contributed by atoms with van der Waals surface area (Å²) in [5.74, 6) is 0.267. The van der Waals surface area contributed by atoms with E-state index in [0.717, 1.165) is 36.1 Å².